The highest BCUT2D eigenvalue weighted by Crippen LogP contribution is 2.37. The molecule has 31 heavy (non-hydrogen) atoms. The van der Waals surface area contributed by atoms with E-state index in [4.69, 9.17) is 0 Å². The maximum Gasteiger partial charge on any atom is 0.573 e. The van der Waals surface area contributed by atoms with Crippen LogP contribution in [0.15, 0.2) is 36.7 Å². The minimum absolute atomic E-state index is 0.0354. The topological polar surface area (TPSA) is 84.4 Å². The maximum atomic E-state index is 13.0. The summed E-state index contributed by atoms with van der Waals surface area (Å²) in [5.74, 6) is -0.884. The molecule has 10 heteroatoms. The SMILES string of the molecule is Cc1cnc(C(=O)NC2CC3CCC(C2)N3C(=O)c2ccc(OC(F)(F)F)cc2)cn1. The molecule has 2 aliphatic heterocycles. The minimum atomic E-state index is -4.78. The number of alkyl halides is 3. The number of carbonyl (C=O) groups is 2. The number of hydrogen-bond acceptors (Lipinski definition) is 5. The Kier molecular flexibility index (Phi) is 5.55. The van der Waals surface area contributed by atoms with E-state index in [2.05, 4.69) is 20.0 Å². The van der Waals surface area contributed by atoms with Crippen LogP contribution in [-0.2, 0) is 0 Å². The van der Waals surface area contributed by atoms with Crippen LogP contribution in [0.2, 0.25) is 0 Å². The van der Waals surface area contributed by atoms with Gasteiger partial charge in [0, 0.05) is 29.9 Å². The Morgan fingerprint density at radius 1 is 1.06 bits per heavy atom. The van der Waals surface area contributed by atoms with E-state index < -0.39 is 6.36 Å². The molecule has 2 atom stereocenters. The van der Waals surface area contributed by atoms with Gasteiger partial charge in [-0.15, -0.1) is 13.2 Å². The number of aromatic nitrogens is 2. The Morgan fingerprint density at radius 3 is 2.26 bits per heavy atom. The zero-order chi connectivity index (χ0) is 22.2. The largest absolute Gasteiger partial charge is 0.573 e. The number of nitrogens with zero attached hydrogens (tertiary/aromatic N) is 3. The van der Waals surface area contributed by atoms with Gasteiger partial charge >= 0.3 is 6.36 Å². The third-order valence-electron chi connectivity index (χ3n) is 5.65. The standard InChI is InChI=1S/C21H21F3N4O3/c1-12-10-26-18(11-25-12)19(29)27-14-8-15-4-5-16(9-14)28(15)20(30)13-2-6-17(7-3-13)31-21(22,23)24/h2-3,6-7,10-11,14-16H,4-5,8-9H2,1H3,(H,27,29). The summed E-state index contributed by atoms with van der Waals surface area (Å²) in [7, 11) is 0. The Morgan fingerprint density at radius 2 is 1.71 bits per heavy atom. The van der Waals surface area contributed by atoms with E-state index in [1.54, 1.807) is 11.8 Å². The van der Waals surface area contributed by atoms with Crippen LogP contribution in [0, 0.1) is 6.92 Å². The fourth-order valence-corrected chi connectivity index (χ4v) is 4.34. The van der Waals surface area contributed by atoms with Crippen molar-refractivity contribution in [2.24, 2.45) is 0 Å². The molecule has 4 rings (SSSR count). The monoisotopic (exact) mass is 434 g/mol. The number of aryl methyl sites for hydroxylation is 1. The molecule has 2 saturated heterocycles. The minimum Gasteiger partial charge on any atom is -0.406 e. The number of nitrogens with one attached hydrogen (secondary N) is 1. The van der Waals surface area contributed by atoms with E-state index in [0.29, 0.717) is 18.4 Å². The quantitative estimate of drug-likeness (QED) is 0.799. The molecule has 2 aromatic rings. The Balaban J connectivity index is 1.39. The number of halogens is 3. The molecule has 1 aromatic carbocycles. The van der Waals surface area contributed by atoms with Crippen LogP contribution in [0.1, 0.15) is 52.2 Å². The zero-order valence-corrected chi connectivity index (χ0v) is 16.7. The Hall–Kier alpha value is -3.17. The third kappa shape index (κ3) is 4.78. The molecule has 0 radical (unpaired) electrons. The summed E-state index contributed by atoms with van der Waals surface area (Å²) in [4.78, 5) is 35.4. The zero-order valence-electron chi connectivity index (χ0n) is 16.7. The summed E-state index contributed by atoms with van der Waals surface area (Å²) >= 11 is 0. The van der Waals surface area contributed by atoms with Gasteiger partial charge in [0.25, 0.3) is 11.8 Å². The fraction of sp³-hybridized carbons (Fsp3) is 0.429. The number of amides is 2. The van der Waals surface area contributed by atoms with Crippen molar-refractivity contribution in [1.29, 1.82) is 0 Å². The fourth-order valence-electron chi connectivity index (χ4n) is 4.34. The number of benzene rings is 1. The predicted octanol–water partition coefficient (Wildman–Crippen LogP) is 3.25. The second kappa shape index (κ2) is 8.16. The lowest BCUT2D eigenvalue weighted by Crippen LogP contribution is -2.52. The maximum absolute atomic E-state index is 13.0. The van der Waals surface area contributed by atoms with Crippen molar-refractivity contribution in [1.82, 2.24) is 20.2 Å². The van der Waals surface area contributed by atoms with Crippen molar-refractivity contribution >= 4 is 11.8 Å². The lowest BCUT2D eigenvalue weighted by molar-refractivity contribution is -0.274. The molecular weight excluding hydrogens is 413 g/mol. The van der Waals surface area contributed by atoms with Crippen molar-refractivity contribution in [2.45, 2.75) is 57.1 Å². The molecule has 2 unspecified atom stereocenters. The van der Waals surface area contributed by atoms with Crippen LogP contribution in [0.3, 0.4) is 0 Å². The van der Waals surface area contributed by atoms with Gasteiger partial charge in [0.1, 0.15) is 11.4 Å². The van der Waals surface area contributed by atoms with Gasteiger partial charge in [0.15, 0.2) is 0 Å². The lowest BCUT2D eigenvalue weighted by atomic mass is 9.96. The van der Waals surface area contributed by atoms with Gasteiger partial charge in [-0.1, -0.05) is 0 Å². The van der Waals surface area contributed by atoms with Gasteiger partial charge < -0.3 is 15.0 Å². The highest BCUT2D eigenvalue weighted by Gasteiger charge is 2.44. The first-order valence-electron chi connectivity index (χ1n) is 9.97. The molecule has 3 heterocycles. The summed E-state index contributed by atoms with van der Waals surface area (Å²) in [5, 5.41) is 2.98. The Bertz CT molecular complexity index is 949. The average molecular weight is 434 g/mol. The van der Waals surface area contributed by atoms with Crippen molar-refractivity contribution < 1.29 is 27.5 Å². The lowest BCUT2D eigenvalue weighted by Gasteiger charge is -2.39. The number of rotatable bonds is 4. The third-order valence-corrected chi connectivity index (χ3v) is 5.65. The number of carbonyl (C=O) groups excluding carboxylic acids is 2. The number of piperidine rings is 1. The second-order valence-electron chi connectivity index (χ2n) is 7.85. The highest BCUT2D eigenvalue weighted by molar-refractivity contribution is 5.95. The van der Waals surface area contributed by atoms with E-state index in [1.807, 2.05) is 0 Å². The molecule has 164 valence electrons. The number of fused-ring (bicyclic) bond motifs is 2. The van der Waals surface area contributed by atoms with Gasteiger partial charge in [-0.3, -0.25) is 14.6 Å². The van der Waals surface area contributed by atoms with E-state index in [0.717, 1.165) is 30.7 Å². The Labute approximate surface area is 176 Å². The number of hydrogen-bond donors (Lipinski definition) is 1. The van der Waals surface area contributed by atoms with Crippen LogP contribution >= 0.6 is 0 Å². The van der Waals surface area contributed by atoms with Crippen LogP contribution < -0.4 is 10.1 Å². The molecule has 1 aromatic heterocycles. The van der Waals surface area contributed by atoms with Crippen LogP contribution in [0.4, 0.5) is 13.2 Å². The van der Waals surface area contributed by atoms with Crippen molar-refractivity contribution in [3.63, 3.8) is 0 Å². The summed E-state index contributed by atoms with van der Waals surface area (Å²) in [6, 6.07) is 4.80. The van der Waals surface area contributed by atoms with Crippen molar-refractivity contribution in [3.8, 4) is 5.75 Å². The second-order valence-corrected chi connectivity index (χ2v) is 7.85. The first-order valence-corrected chi connectivity index (χ1v) is 9.97. The van der Waals surface area contributed by atoms with Gasteiger partial charge in [0.05, 0.1) is 11.9 Å². The smallest absolute Gasteiger partial charge is 0.406 e. The average Bonchev–Trinajstić information content (AvgIpc) is 2.97. The first kappa shape index (κ1) is 21.1. The van der Waals surface area contributed by atoms with Crippen molar-refractivity contribution in [3.05, 3.63) is 53.6 Å². The summed E-state index contributed by atoms with van der Waals surface area (Å²) in [5.41, 5.74) is 1.28. The summed E-state index contributed by atoms with van der Waals surface area (Å²) in [6.07, 6.45) is 1.06. The van der Waals surface area contributed by atoms with E-state index in [1.165, 1.54) is 24.5 Å². The van der Waals surface area contributed by atoms with Crippen molar-refractivity contribution in [2.75, 3.05) is 0 Å². The van der Waals surface area contributed by atoms with Gasteiger partial charge in [0.2, 0.25) is 0 Å². The van der Waals surface area contributed by atoms with E-state index >= 15 is 0 Å². The molecule has 2 fully saturated rings. The number of ether oxygens (including phenoxy) is 1. The van der Waals surface area contributed by atoms with Crippen LogP contribution in [-0.4, -0.2) is 51.2 Å². The predicted molar refractivity (Wildman–Crippen MR) is 103 cm³/mol. The molecule has 0 spiro atoms. The summed E-state index contributed by atoms with van der Waals surface area (Å²) < 4.78 is 40.8. The van der Waals surface area contributed by atoms with E-state index in [-0.39, 0.29) is 41.4 Å². The highest BCUT2D eigenvalue weighted by atomic mass is 19.4. The van der Waals surface area contributed by atoms with Gasteiger partial charge in [-0.05, 0) is 56.9 Å². The molecule has 0 aliphatic carbocycles. The molecule has 7 nitrogen and oxygen atoms in total. The van der Waals surface area contributed by atoms with Crippen LogP contribution in [0.25, 0.3) is 0 Å². The first-order chi connectivity index (χ1) is 14.7. The van der Waals surface area contributed by atoms with Crippen LogP contribution in [0.5, 0.6) is 5.75 Å². The molecular formula is C21H21F3N4O3. The van der Waals surface area contributed by atoms with E-state index in [9.17, 15) is 22.8 Å². The normalized spacial score (nSPS) is 22.8. The molecule has 2 amide bonds. The van der Waals surface area contributed by atoms with Gasteiger partial charge in [-0.25, -0.2) is 4.98 Å². The molecule has 2 aliphatic rings. The summed E-state index contributed by atoms with van der Waals surface area (Å²) in [6.45, 7) is 1.79. The molecule has 1 N–H and O–H groups in total. The van der Waals surface area contributed by atoms with Gasteiger partial charge in [-0.2, -0.15) is 0 Å². The molecule has 2 bridgehead atoms. The molecule has 0 saturated carbocycles.